The van der Waals surface area contributed by atoms with E-state index in [9.17, 15) is 9.90 Å². The standard InChI is InChI=1S/C21H21N3O2/c1-14-6-7-16(15(2)10-14)8-9-20(26)24-18-12-22-21(23-13-18)17-4-3-5-19(25)11-17/h3-7,10-13,25H,8-9H2,1-2H3,(H,24,26). The Morgan fingerprint density at radius 1 is 1.08 bits per heavy atom. The van der Waals surface area contributed by atoms with Gasteiger partial charge in [0.05, 0.1) is 18.1 Å². The number of phenols is 1. The van der Waals surface area contributed by atoms with Crippen molar-refractivity contribution in [3.8, 4) is 17.1 Å². The van der Waals surface area contributed by atoms with Gasteiger partial charge in [-0.1, -0.05) is 35.9 Å². The van der Waals surface area contributed by atoms with E-state index in [-0.39, 0.29) is 11.7 Å². The van der Waals surface area contributed by atoms with E-state index >= 15 is 0 Å². The highest BCUT2D eigenvalue weighted by Gasteiger charge is 2.07. The summed E-state index contributed by atoms with van der Waals surface area (Å²) in [5, 5.41) is 12.3. The maximum atomic E-state index is 12.2. The van der Waals surface area contributed by atoms with Crippen molar-refractivity contribution in [2.24, 2.45) is 0 Å². The van der Waals surface area contributed by atoms with Crippen LogP contribution in [0.15, 0.2) is 54.9 Å². The summed E-state index contributed by atoms with van der Waals surface area (Å²) < 4.78 is 0. The molecule has 0 aliphatic carbocycles. The maximum absolute atomic E-state index is 12.2. The van der Waals surface area contributed by atoms with E-state index in [4.69, 9.17) is 0 Å². The fraction of sp³-hybridized carbons (Fsp3) is 0.190. The summed E-state index contributed by atoms with van der Waals surface area (Å²) in [5.41, 5.74) is 4.88. The van der Waals surface area contributed by atoms with Crippen LogP contribution < -0.4 is 5.32 Å². The Balaban J connectivity index is 1.59. The summed E-state index contributed by atoms with van der Waals surface area (Å²) in [6.45, 7) is 4.12. The van der Waals surface area contributed by atoms with Crippen LogP contribution in [0, 0.1) is 13.8 Å². The number of carbonyl (C=O) groups excluding carboxylic acids is 1. The minimum Gasteiger partial charge on any atom is -0.508 e. The molecule has 0 atom stereocenters. The van der Waals surface area contributed by atoms with Gasteiger partial charge < -0.3 is 10.4 Å². The average molecular weight is 347 g/mol. The molecule has 0 radical (unpaired) electrons. The molecule has 0 unspecified atom stereocenters. The van der Waals surface area contributed by atoms with E-state index < -0.39 is 0 Å². The Kier molecular flexibility index (Phi) is 5.27. The van der Waals surface area contributed by atoms with Crippen LogP contribution in [0.2, 0.25) is 0 Å². The first-order valence-electron chi connectivity index (χ1n) is 8.49. The molecule has 0 fully saturated rings. The van der Waals surface area contributed by atoms with Crippen LogP contribution >= 0.6 is 0 Å². The first-order chi connectivity index (χ1) is 12.5. The minimum atomic E-state index is -0.0707. The molecule has 5 nitrogen and oxygen atoms in total. The lowest BCUT2D eigenvalue weighted by Crippen LogP contribution is -2.13. The lowest BCUT2D eigenvalue weighted by atomic mass is 10.0. The number of hydrogen-bond donors (Lipinski definition) is 2. The average Bonchev–Trinajstić information content (AvgIpc) is 2.61. The number of anilines is 1. The number of nitrogens with one attached hydrogen (secondary N) is 1. The first kappa shape index (κ1) is 17.6. The molecule has 0 bridgehead atoms. The summed E-state index contributed by atoms with van der Waals surface area (Å²) in [7, 11) is 0. The Labute approximate surface area is 152 Å². The molecule has 1 amide bonds. The monoisotopic (exact) mass is 347 g/mol. The minimum absolute atomic E-state index is 0.0707. The van der Waals surface area contributed by atoms with Crippen molar-refractivity contribution in [3.63, 3.8) is 0 Å². The number of aromatic hydroxyl groups is 1. The second kappa shape index (κ2) is 7.78. The lowest BCUT2D eigenvalue weighted by molar-refractivity contribution is -0.116. The number of nitrogens with zero attached hydrogens (tertiary/aromatic N) is 2. The summed E-state index contributed by atoms with van der Waals surface area (Å²) >= 11 is 0. The van der Waals surface area contributed by atoms with Gasteiger partial charge in [-0.2, -0.15) is 0 Å². The molecule has 26 heavy (non-hydrogen) atoms. The summed E-state index contributed by atoms with van der Waals surface area (Å²) in [5.74, 6) is 0.586. The molecule has 0 saturated heterocycles. The molecular formula is C21H21N3O2. The number of aromatic nitrogens is 2. The van der Waals surface area contributed by atoms with E-state index in [0.717, 1.165) is 5.56 Å². The Morgan fingerprint density at radius 3 is 2.54 bits per heavy atom. The summed E-state index contributed by atoms with van der Waals surface area (Å²) in [6, 6.07) is 13.0. The number of benzene rings is 2. The maximum Gasteiger partial charge on any atom is 0.224 e. The molecule has 0 aliphatic rings. The number of phenolic OH excluding ortho intramolecular Hbond substituents is 1. The van der Waals surface area contributed by atoms with Crippen LogP contribution in [0.4, 0.5) is 5.69 Å². The Hall–Kier alpha value is -3.21. The predicted molar refractivity (Wildman–Crippen MR) is 102 cm³/mol. The zero-order valence-corrected chi connectivity index (χ0v) is 14.9. The van der Waals surface area contributed by atoms with Crippen LogP contribution in [0.5, 0.6) is 5.75 Å². The highest BCUT2D eigenvalue weighted by Crippen LogP contribution is 2.20. The van der Waals surface area contributed by atoms with Crippen molar-refractivity contribution in [1.29, 1.82) is 0 Å². The molecule has 3 rings (SSSR count). The molecule has 1 heterocycles. The van der Waals surface area contributed by atoms with E-state index in [2.05, 4.69) is 47.3 Å². The Bertz CT molecular complexity index is 921. The van der Waals surface area contributed by atoms with Gasteiger partial charge >= 0.3 is 0 Å². The van der Waals surface area contributed by atoms with Crippen LogP contribution in [0.1, 0.15) is 23.1 Å². The van der Waals surface area contributed by atoms with Crippen molar-refractivity contribution in [2.75, 3.05) is 5.32 Å². The topological polar surface area (TPSA) is 75.1 Å². The van der Waals surface area contributed by atoms with Crippen molar-refractivity contribution >= 4 is 11.6 Å². The van der Waals surface area contributed by atoms with E-state index in [1.807, 2.05) is 6.07 Å². The fourth-order valence-electron chi connectivity index (χ4n) is 2.78. The van der Waals surface area contributed by atoms with Gasteiger partial charge in [-0.15, -0.1) is 0 Å². The smallest absolute Gasteiger partial charge is 0.224 e. The zero-order valence-electron chi connectivity index (χ0n) is 14.9. The molecule has 2 aromatic carbocycles. The second-order valence-electron chi connectivity index (χ2n) is 6.32. The van der Waals surface area contributed by atoms with Crippen LogP contribution in [-0.2, 0) is 11.2 Å². The van der Waals surface area contributed by atoms with Gasteiger partial charge in [-0.05, 0) is 43.5 Å². The van der Waals surface area contributed by atoms with Crippen molar-refractivity contribution in [1.82, 2.24) is 9.97 Å². The lowest BCUT2D eigenvalue weighted by Gasteiger charge is -2.08. The van der Waals surface area contributed by atoms with Crippen molar-refractivity contribution in [3.05, 3.63) is 71.5 Å². The SMILES string of the molecule is Cc1ccc(CCC(=O)Nc2cnc(-c3cccc(O)c3)nc2)c(C)c1. The molecule has 1 aromatic heterocycles. The van der Waals surface area contributed by atoms with Gasteiger partial charge in [0.1, 0.15) is 5.75 Å². The second-order valence-corrected chi connectivity index (χ2v) is 6.32. The van der Waals surface area contributed by atoms with Crippen LogP contribution in [-0.4, -0.2) is 21.0 Å². The number of rotatable bonds is 5. The predicted octanol–water partition coefficient (Wildman–Crippen LogP) is 4.04. The first-order valence-corrected chi connectivity index (χ1v) is 8.49. The number of aryl methyl sites for hydroxylation is 3. The summed E-state index contributed by atoms with van der Waals surface area (Å²) in [4.78, 5) is 20.7. The number of amides is 1. The van der Waals surface area contributed by atoms with Crippen LogP contribution in [0.3, 0.4) is 0 Å². The number of carbonyl (C=O) groups is 1. The molecule has 0 aliphatic heterocycles. The quantitative estimate of drug-likeness (QED) is 0.730. The third-order valence-electron chi connectivity index (χ3n) is 4.16. The normalized spacial score (nSPS) is 10.5. The van der Waals surface area contributed by atoms with E-state index in [1.165, 1.54) is 16.7 Å². The summed E-state index contributed by atoms with van der Waals surface area (Å²) in [6.07, 6.45) is 4.24. The van der Waals surface area contributed by atoms with Gasteiger partial charge in [0, 0.05) is 12.0 Å². The molecular weight excluding hydrogens is 326 g/mol. The largest absolute Gasteiger partial charge is 0.508 e. The van der Waals surface area contributed by atoms with Crippen LogP contribution in [0.25, 0.3) is 11.4 Å². The molecule has 0 saturated carbocycles. The highest BCUT2D eigenvalue weighted by atomic mass is 16.3. The number of hydrogen-bond acceptors (Lipinski definition) is 4. The Morgan fingerprint density at radius 2 is 1.85 bits per heavy atom. The third kappa shape index (κ3) is 4.45. The highest BCUT2D eigenvalue weighted by molar-refractivity contribution is 5.90. The van der Waals surface area contributed by atoms with Gasteiger partial charge in [-0.3, -0.25) is 4.79 Å². The molecule has 2 N–H and O–H groups in total. The van der Waals surface area contributed by atoms with E-state index in [0.29, 0.717) is 24.4 Å². The molecule has 3 aromatic rings. The molecule has 0 spiro atoms. The van der Waals surface area contributed by atoms with Crippen molar-refractivity contribution < 1.29 is 9.90 Å². The van der Waals surface area contributed by atoms with Gasteiger partial charge in [0.2, 0.25) is 5.91 Å². The zero-order chi connectivity index (χ0) is 18.5. The van der Waals surface area contributed by atoms with Gasteiger partial charge in [0.15, 0.2) is 5.82 Å². The fourth-order valence-corrected chi connectivity index (χ4v) is 2.78. The third-order valence-corrected chi connectivity index (χ3v) is 4.16. The van der Waals surface area contributed by atoms with Gasteiger partial charge in [0.25, 0.3) is 0 Å². The van der Waals surface area contributed by atoms with Gasteiger partial charge in [-0.25, -0.2) is 9.97 Å². The molecule has 132 valence electrons. The van der Waals surface area contributed by atoms with Crippen molar-refractivity contribution in [2.45, 2.75) is 26.7 Å². The molecule has 5 heteroatoms. The van der Waals surface area contributed by atoms with E-state index in [1.54, 1.807) is 30.6 Å².